The van der Waals surface area contributed by atoms with Gasteiger partial charge in [0.05, 0.1) is 4.88 Å². The number of hydrogen-bond donors (Lipinski definition) is 2. The quantitative estimate of drug-likeness (QED) is 0.856. The molecule has 0 unspecified atom stereocenters. The van der Waals surface area contributed by atoms with Crippen LogP contribution in [0.25, 0.3) is 10.1 Å². The lowest BCUT2D eigenvalue weighted by atomic mass is 9.88. The van der Waals surface area contributed by atoms with Gasteiger partial charge in [0.1, 0.15) is 0 Å². The highest BCUT2D eigenvalue weighted by atomic mass is 32.1. The van der Waals surface area contributed by atoms with Crippen LogP contribution in [0.15, 0.2) is 30.3 Å². The highest BCUT2D eigenvalue weighted by Crippen LogP contribution is 2.26. The minimum atomic E-state index is -0.0109. The first-order valence-corrected chi connectivity index (χ1v) is 7.71. The van der Waals surface area contributed by atoms with Crippen molar-refractivity contribution >= 4 is 27.3 Å². The van der Waals surface area contributed by atoms with Gasteiger partial charge in [0, 0.05) is 17.9 Å². The van der Waals surface area contributed by atoms with Crippen LogP contribution < -0.4 is 5.32 Å². The number of thiophene rings is 1. The Balaban J connectivity index is 1.98. The first-order chi connectivity index (χ1) is 9.52. The molecule has 0 atom stereocenters. The summed E-state index contributed by atoms with van der Waals surface area (Å²) in [6.45, 7) is 5.04. The van der Waals surface area contributed by atoms with Crippen LogP contribution in [-0.4, -0.2) is 24.2 Å². The first-order valence-electron chi connectivity index (χ1n) is 6.89. The first kappa shape index (κ1) is 15.0. The van der Waals surface area contributed by atoms with E-state index < -0.39 is 0 Å². The third-order valence-electron chi connectivity index (χ3n) is 3.39. The third-order valence-corrected chi connectivity index (χ3v) is 4.50. The molecule has 0 aliphatic carbocycles. The molecular weight excluding hydrogens is 270 g/mol. The molecule has 0 saturated carbocycles. The fraction of sp³-hybridized carbons (Fsp3) is 0.438. The number of aliphatic hydroxyl groups excluding tert-OH is 1. The van der Waals surface area contributed by atoms with Crippen LogP contribution in [0.2, 0.25) is 0 Å². The monoisotopic (exact) mass is 291 g/mol. The SMILES string of the molecule is CC(C)(CCCO)CNC(=O)c1cc2ccccc2s1. The van der Waals surface area contributed by atoms with E-state index in [2.05, 4.69) is 19.2 Å². The van der Waals surface area contributed by atoms with Gasteiger partial charge in [-0.25, -0.2) is 0 Å². The summed E-state index contributed by atoms with van der Waals surface area (Å²) in [5.41, 5.74) is 0.00900. The Morgan fingerprint density at radius 2 is 2.10 bits per heavy atom. The average Bonchev–Trinajstić information content (AvgIpc) is 2.86. The van der Waals surface area contributed by atoms with Gasteiger partial charge in [0.15, 0.2) is 0 Å². The highest BCUT2D eigenvalue weighted by molar-refractivity contribution is 7.20. The molecule has 2 aromatic rings. The molecule has 1 heterocycles. The molecule has 0 saturated heterocycles. The molecule has 20 heavy (non-hydrogen) atoms. The molecule has 0 aliphatic rings. The maximum absolute atomic E-state index is 12.2. The summed E-state index contributed by atoms with van der Waals surface area (Å²) in [4.78, 5) is 12.9. The van der Waals surface area contributed by atoms with E-state index in [-0.39, 0.29) is 17.9 Å². The van der Waals surface area contributed by atoms with Crippen molar-refractivity contribution in [2.75, 3.05) is 13.2 Å². The lowest BCUT2D eigenvalue weighted by Gasteiger charge is -2.24. The zero-order chi connectivity index (χ0) is 14.6. The zero-order valence-electron chi connectivity index (χ0n) is 12.0. The van der Waals surface area contributed by atoms with E-state index in [1.54, 1.807) is 0 Å². The van der Waals surface area contributed by atoms with Gasteiger partial charge in [-0.15, -0.1) is 11.3 Å². The predicted molar refractivity (Wildman–Crippen MR) is 84.3 cm³/mol. The maximum Gasteiger partial charge on any atom is 0.261 e. The minimum absolute atomic E-state index is 0.00900. The Bertz CT molecular complexity index is 556. The summed E-state index contributed by atoms with van der Waals surface area (Å²) in [6, 6.07) is 9.96. The Morgan fingerprint density at radius 3 is 2.80 bits per heavy atom. The molecule has 0 fully saturated rings. The highest BCUT2D eigenvalue weighted by Gasteiger charge is 2.19. The summed E-state index contributed by atoms with van der Waals surface area (Å²) in [5, 5.41) is 13.0. The van der Waals surface area contributed by atoms with Crippen molar-refractivity contribution in [3.8, 4) is 0 Å². The second kappa shape index (κ2) is 6.37. The molecule has 0 spiro atoms. The fourth-order valence-corrected chi connectivity index (χ4v) is 3.13. The minimum Gasteiger partial charge on any atom is -0.396 e. The number of nitrogens with one attached hydrogen (secondary N) is 1. The second-order valence-electron chi connectivity index (χ2n) is 5.82. The van der Waals surface area contributed by atoms with Gasteiger partial charge in [0.25, 0.3) is 5.91 Å². The number of fused-ring (bicyclic) bond motifs is 1. The molecule has 1 aromatic carbocycles. The van der Waals surface area contributed by atoms with Crippen LogP contribution in [0.5, 0.6) is 0 Å². The summed E-state index contributed by atoms with van der Waals surface area (Å²) >= 11 is 1.52. The number of carbonyl (C=O) groups is 1. The standard InChI is InChI=1S/C16H21NO2S/c1-16(2,8-5-9-18)11-17-15(19)14-10-12-6-3-4-7-13(12)20-14/h3-4,6-7,10,18H,5,8-9,11H2,1-2H3,(H,17,19). The molecular formula is C16H21NO2S. The van der Waals surface area contributed by atoms with Gasteiger partial charge >= 0.3 is 0 Å². The van der Waals surface area contributed by atoms with Gasteiger partial charge in [0.2, 0.25) is 0 Å². The molecule has 2 N–H and O–H groups in total. The topological polar surface area (TPSA) is 49.3 Å². The smallest absolute Gasteiger partial charge is 0.261 e. The van der Waals surface area contributed by atoms with Gasteiger partial charge in [-0.3, -0.25) is 4.79 Å². The lowest BCUT2D eigenvalue weighted by Crippen LogP contribution is -2.33. The summed E-state index contributed by atoms with van der Waals surface area (Å²) in [7, 11) is 0. The fourth-order valence-electron chi connectivity index (χ4n) is 2.15. The van der Waals surface area contributed by atoms with E-state index in [1.165, 1.54) is 11.3 Å². The number of amides is 1. The Hall–Kier alpha value is -1.39. The summed E-state index contributed by atoms with van der Waals surface area (Å²) in [5.74, 6) is -0.0109. The van der Waals surface area contributed by atoms with E-state index in [9.17, 15) is 4.79 Å². The van der Waals surface area contributed by atoms with Crippen LogP contribution in [0.3, 0.4) is 0 Å². The van der Waals surface area contributed by atoms with E-state index in [4.69, 9.17) is 5.11 Å². The Labute approximate surface area is 123 Å². The van der Waals surface area contributed by atoms with Gasteiger partial charge in [-0.05, 0) is 35.8 Å². The normalized spacial score (nSPS) is 11.8. The lowest BCUT2D eigenvalue weighted by molar-refractivity contribution is 0.0937. The van der Waals surface area contributed by atoms with E-state index in [1.807, 2.05) is 30.3 Å². The number of hydrogen-bond acceptors (Lipinski definition) is 3. The molecule has 0 aliphatic heterocycles. The molecule has 1 aromatic heterocycles. The van der Waals surface area contributed by atoms with Gasteiger partial charge < -0.3 is 10.4 Å². The third kappa shape index (κ3) is 3.81. The molecule has 0 bridgehead atoms. The molecule has 0 radical (unpaired) electrons. The van der Waals surface area contributed by atoms with Crippen LogP contribution in [0, 0.1) is 5.41 Å². The van der Waals surface area contributed by atoms with Crippen LogP contribution in [-0.2, 0) is 0 Å². The molecule has 2 rings (SSSR count). The van der Waals surface area contributed by atoms with Crippen molar-refractivity contribution < 1.29 is 9.90 Å². The average molecular weight is 291 g/mol. The zero-order valence-corrected chi connectivity index (χ0v) is 12.8. The van der Waals surface area contributed by atoms with Crippen molar-refractivity contribution in [1.82, 2.24) is 5.32 Å². The molecule has 108 valence electrons. The number of benzene rings is 1. The van der Waals surface area contributed by atoms with Crippen LogP contribution >= 0.6 is 11.3 Å². The summed E-state index contributed by atoms with van der Waals surface area (Å²) in [6.07, 6.45) is 1.67. The van der Waals surface area contributed by atoms with Gasteiger partial charge in [-0.1, -0.05) is 32.0 Å². The van der Waals surface area contributed by atoms with Crippen molar-refractivity contribution in [2.24, 2.45) is 5.41 Å². The van der Waals surface area contributed by atoms with E-state index in [0.717, 1.165) is 27.8 Å². The van der Waals surface area contributed by atoms with Crippen molar-refractivity contribution in [2.45, 2.75) is 26.7 Å². The van der Waals surface area contributed by atoms with E-state index in [0.29, 0.717) is 6.54 Å². The Morgan fingerprint density at radius 1 is 1.35 bits per heavy atom. The Kier molecular flexibility index (Phi) is 4.78. The maximum atomic E-state index is 12.2. The van der Waals surface area contributed by atoms with Crippen molar-refractivity contribution in [1.29, 1.82) is 0 Å². The molecule has 3 nitrogen and oxygen atoms in total. The molecule has 1 amide bonds. The van der Waals surface area contributed by atoms with Crippen molar-refractivity contribution in [3.05, 3.63) is 35.2 Å². The second-order valence-corrected chi connectivity index (χ2v) is 6.91. The summed E-state index contributed by atoms with van der Waals surface area (Å²) < 4.78 is 1.14. The number of aliphatic hydroxyl groups is 1. The largest absolute Gasteiger partial charge is 0.396 e. The molecule has 4 heteroatoms. The van der Waals surface area contributed by atoms with Crippen molar-refractivity contribution in [3.63, 3.8) is 0 Å². The number of rotatable bonds is 6. The van der Waals surface area contributed by atoms with E-state index >= 15 is 0 Å². The van der Waals surface area contributed by atoms with Crippen LogP contribution in [0.4, 0.5) is 0 Å². The predicted octanol–water partition coefficient (Wildman–Crippen LogP) is 3.43. The number of carbonyl (C=O) groups excluding carboxylic acids is 1. The van der Waals surface area contributed by atoms with Crippen LogP contribution in [0.1, 0.15) is 36.4 Å². The van der Waals surface area contributed by atoms with Gasteiger partial charge in [-0.2, -0.15) is 0 Å².